The average Bonchev–Trinajstić information content (AvgIpc) is 3.16. The van der Waals surface area contributed by atoms with Crippen molar-refractivity contribution < 1.29 is 18.8 Å². The standard InChI is InChI=1S/C24H25FN2O2/c1-3-14-26(16-19-9-4-6-12-22(19)24(28)29-2)18-21-11-8-15-27(21)17-20-10-5-7-13-23(20)25/h3-13,15H,1,14,16-18H2,2H3/p+1. The first-order valence-corrected chi connectivity index (χ1v) is 9.60. The molecule has 0 saturated carbocycles. The fraction of sp³-hybridized carbons (Fsp3) is 0.208. The number of nitrogens with one attached hydrogen (secondary N) is 1. The molecule has 0 saturated heterocycles. The Hall–Kier alpha value is -3.18. The smallest absolute Gasteiger partial charge is 0.338 e. The Morgan fingerprint density at radius 3 is 2.52 bits per heavy atom. The summed E-state index contributed by atoms with van der Waals surface area (Å²) in [5, 5.41) is 0. The molecule has 29 heavy (non-hydrogen) atoms. The number of ether oxygens (including phenoxy) is 1. The second-order valence-corrected chi connectivity index (χ2v) is 6.96. The largest absolute Gasteiger partial charge is 0.465 e. The summed E-state index contributed by atoms with van der Waals surface area (Å²) in [6.45, 7) is 6.48. The molecule has 5 heteroatoms. The van der Waals surface area contributed by atoms with E-state index >= 15 is 0 Å². The van der Waals surface area contributed by atoms with Crippen LogP contribution in [0.2, 0.25) is 0 Å². The SMILES string of the molecule is C=CC[NH+](Cc1ccccc1C(=O)OC)Cc1cccn1Cc1ccccc1F. The van der Waals surface area contributed by atoms with Gasteiger partial charge in [-0.25, -0.2) is 9.18 Å². The van der Waals surface area contributed by atoms with Crippen LogP contribution in [-0.2, 0) is 24.4 Å². The van der Waals surface area contributed by atoms with Crippen molar-refractivity contribution in [1.29, 1.82) is 0 Å². The highest BCUT2D eigenvalue weighted by molar-refractivity contribution is 5.90. The van der Waals surface area contributed by atoms with E-state index < -0.39 is 0 Å². The summed E-state index contributed by atoms with van der Waals surface area (Å²) in [5.74, 6) is -0.532. The highest BCUT2D eigenvalue weighted by Gasteiger charge is 2.18. The molecule has 1 heterocycles. The number of rotatable bonds is 9. The lowest BCUT2D eigenvalue weighted by atomic mass is 10.1. The number of hydrogen-bond acceptors (Lipinski definition) is 2. The molecular weight excluding hydrogens is 367 g/mol. The van der Waals surface area contributed by atoms with Gasteiger partial charge in [-0.3, -0.25) is 0 Å². The number of carbonyl (C=O) groups excluding carboxylic acids is 1. The van der Waals surface area contributed by atoms with Crippen molar-refractivity contribution in [3.8, 4) is 0 Å². The minimum Gasteiger partial charge on any atom is -0.465 e. The van der Waals surface area contributed by atoms with Crippen LogP contribution in [0.4, 0.5) is 4.39 Å². The molecule has 0 spiro atoms. The molecule has 2 aromatic carbocycles. The van der Waals surface area contributed by atoms with Crippen molar-refractivity contribution >= 4 is 5.97 Å². The molecule has 0 aliphatic heterocycles. The van der Waals surface area contributed by atoms with Gasteiger partial charge in [-0.05, 0) is 30.3 Å². The fourth-order valence-electron chi connectivity index (χ4n) is 3.49. The summed E-state index contributed by atoms with van der Waals surface area (Å²) in [7, 11) is 1.39. The molecule has 0 bridgehead atoms. The summed E-state index contributed by atoms with van der Waals surface area (Å²) in [5.41, 5.74) is 3.27. The van der Waals surface area contributed by atoms with Gasteiger partial charge in [0.2, 0.25) is 0 Å². The van der Waals surface area contributed by atoms with Gasteiger partial charge in [0.25, 0.3) is 0 Å². The van der Waals surface area contributed by atoms with Crippen LogP contribution in [-0.4, -0.2) is 24.2 Å². The van der Waals surface area contributed by atoms with Gasteiger partial charge in [0, 0.05) is 17.3 Å². The summed E-state index contributed by atoms with van der Waals surface area (Å²) in [6, 6.07) is 18.4. The molecule has 150 valence electrons. The summed E-state index contributed by atoms with van der Waals surface area (Å²) in [6.07, 6.45) is 3.84. The number of esters is 1. The number of benzene rings is 2. The van der Waals surface area contributed by atoms with Crippen molar-refractivity contribution in [3.05, 3.63) is 108 Å². The molecule has 1 aromatic heterocycles. The third-order valence-corrected chi connectivity index (χ3v) is 4.95. The van der Waals surface area contributed by atoms with Crippen LogP contribution < -0.4 is 4.90 Å². The Labute approximate surface area is 170 Å². The van der Waals surface area contributed by atoms with E-state index in [9.17, 15) is 9.18 Å². The topological polar surface area (TPSA) is 35.7 Å². The monoisotopic (exact) mass is 393 g/mol. The number of aromatic nitrogens is 1. The molecule has 0 amide bonds. The van der Waals surface area contributed by atoms with E-state index in [-0.39, 0.29) is 11.8 Å². The number of halogens is 1. The molecule has 0 aliphatic rings. The number of nitrogens with zero attached hydrogens (tertiary/aromatic N) is 1. The van der Waals surface area contributed by atoms with Crippen LogP contribution in [0.3, 0.4) is 0 Å². The van der Waals surface area contributed by atoms with E-state index in [0.29, 0.717) is 24.2 Å². The van der Waals surface area contributed by atoms with Crippen LogP contribution in [0, 0.1) is 5.82 Å². The summed E-state index contributed by atoms with van der Waals surface area (Å²) >= 11 is 0. The summed E-state index contributed by atoms with van der Waals surface area (Å²) in [4.78, 5) is 13.3. The first kappa shape index (κ1) is 20.6. The zero-order chi connectivity index (χ0) is 20.6. The maximum atomic E-state index is 14.1. The molecule has 4 nitrogen and oxygen atoms in total. The van der Waals surface area contributed by atoms with E-state index in [1.807, 2.05) is 42.6 Å². The van der Waals surface area contributed by atoms with Crippen LogP contribution >= 0.6 is 0 Å². The Balaban J connectivity index is 1.79. The minimum absolute atomic E-state index is 0.200. The fourth-order valence-corrected chi connectivity index (χ4v) is 3.49. The molecule has 1 unspecified atom stereocenters. The van der Waals surface area contributed by atoms with Crippen molar-refractivity contribution in [2.45, 2.75) is 19.6 Å². The third-order valence-electron chi connectivity index (χ3n) is 4.95. The molecule has 0 aliphatic carbocycles. The van der Waals surface area contributed by atoms with Gasteiger partial charge in [0.15, 0.2) is 0 Å². The molecule has 3 rings (SSSR count). The van der Waals surface area contributed by atoms with Crippen LogP contribution in [0.1, 0.15) is 27.2 Å². The van der Waals surface area contributed by atoms with Crippen LogP contribution in [0.25, 0.3) is 0 Å². The highest BCUT2D eigenvalue weighted by Crippen LogP contribution is 2.12. The Bertz CT molecular complexity index is 980. The highest BCUT2D eigenvalue weighted by atomic mass is 19.1. The van der Waals surface area contributed by atoms with E-state index in [4.69, 9.17) is 4.74 Å². The average molecular weight is 393 g/mol. The quantitative estimate of drug-likeness (QED) is 0.448. The Kier molecular flexibility index (Phi) is 6.98. The molecule has 0 fully saturated rings. The van der Waals surface area contributed by atoms with Gasteiger partial charge < -0.3 is 14.2 Å². The molecule has 0 radical (unpaired) electrons. The predicted octanol–water partition coefficient (Wildman–Crippen LogP) is 3.23. The Morgan fingerprint density at radius 1 is 1.07 bits per heavy atom. The lowest BCUT2D eigenvalue weighted by Gasteiger charge is -2.20. The van der Waals surface area contributed by atoms with Gasteiger partial charge in [-0.15, -0.1) is 0 Å². The zero-order valence-corrected chi connectivity index (χ0v) is 16.6. The lowest BCUT2D eigenvalue weighted by molar-refractivity contribution is -0.922. The van der Waals surface area contributed by atoms with E-state index in [1.165, 1.54) is 18.1 Å². The first-order chi connectivity index (χ1) is 14.1. The molecule has 1 atom stereocenters. The van der Waals surface area contributed by atoms with Gasteiger partial charge in [-0.1, -0.05) is 43.0 Å². The van der Waals surface area contributed by atoms with Gasteiger partial charge in [-0.2, -0.15) is 0 Å². The number of quaternary nitrogens is 1. The van der Waals surface area contributed by atoms with Gasteiger partial charge in [0.1, 0.15) is 18.9 Å². The van der Waals surface area contributed by atoms with E-state index in [1.54, 1.807) is 18.2 Å². The maximum absolute atomic E-state index is 14.1. The molecule has 3 aromatic rings. The number of hydrogen-bond donors (Lipinski definition) is 1. The number of methoxy groups -OCH3 is 1. The summed E-state index contributed by atoms with van der Waals surface area (Å²) < 4.78 is 21.0. The zero-order valence-electron chi connectivity index (χ0n) is 16.6. The normalized spacial score (nSPS) is 11.8. The van der Waals surface area contributed by atoms with Gasteiger partial charge in [0.05, 0.1) is 31.5 Å². The second kappa shape index (κ2) is 9.85. The van der Waals surface area contributed by atoms with Crippen molar-refractivity contribution in [3.63, 3.8) is 0 Å². The van der Waals surface area contributed by atoms with Crippen molar-refractivity contribution in [2.24, 2.45) is 0 Å². The number of carbonyl (C=O) groups is 1. The minimum atomic E-state index is -0.332. The van der Waals surface area contributed by atoms with Crippen LogP contribution in [0.15, 0.2) is 79.5 Å². The maximum Gasteiger partial charge on any atom is 0.338 e. The van der Waals surface area contributed by atoms with E-state index in [2.05, 4.69) is 17.2 Å². The lowest BCUT2D eigenvalue weighted by Crippen LogP contribution is -3.09. The molecule has 1 N–H and O–H groups in total. The van der Waals surface area contributed by atoms with Crippen molar-refractivity contribution in [1.82, 2.24) is 4.57 Å². The second-order valence-electron chi connectivity index (χ2n) is 6.96. The third kappa shape index (κ3) is 5.21. The van der Waals surface area contributed by atoms with Crippen LogP contribution in [0.5, 0.6) is 0 Å². The van der Waals surface area contributed by atoms with E-state index in [0.717, 1.165) is 24.3 Å². The Morgan fingerprint density at radius 2 is 1.79 bits per heavy atom. The molecular formula is C24H26FN2O2+. The first-order valence-electron chi connectivity index (χ1n) is 9.60. The predicted molar refractivity (Wildman–Crippen MR) is 111 cm³/mol. The van der Waals surface area contributed by atoms with Gasteiger partial charge >= 0.3 is 5.97 Å². The van der Waals surface area contributed by atoms with Crippen molar-refractivity contribution in [2.75, 3.05) is 13.7 Å².